The summed E-state index contributed by atoms with van der Waals surface area (Å²) >= 11 is 5.17. The van der Waals surface area contributed by atoms with Gasteiger partial charge in [-0.1, -0.05) is 71.3 Å². The van der Waals surface area contributed by atoms with E-state index in [-0.39, 0.29) is 0 Å². The van der Waals surface area contributed by atoms with Crippen molar-refractivity contribution in [1.82, 2.24) is 4.57 Å². The molecule has 1 nitrogen and oxygen atoms in total. The quantitative estimate of drug-likeness (QED) is 0.412. The Morgan fingerprint density at radius 3 is 1.30 bits per heavy atom. The first-order valence-electron chi connectivity index (χ1n) is 3.52. The summed E-state index contributed by atoms with van der Waals surface area (Å²) in [5, 5.41) is 0. The van der Waals surface area contributed by atoms with Crippen molar-refractivity contribution >= 4 is 47.5 Å². The van der Waals surface area contributed by atoms with E-state index >= 15 is 0 Å². The summed E-state index contributed by atoms with van der Waals surface area (Å²) in [6.45, 7) is 9.10. The van der Waals surface area contributed by atoms with E-state index in [2.05, 4.69) is 75.9 Å². The molecule has 0 saturated carbocycles. The molecule has 0 aromatic rings. The molecule has 0 heterocycles. The minimum atomic E-state index is -0.628. The zero-order valence-corrected chi connectivity index (χ0v) is 12.4. The lowest BCUT2D eigenvalue weighted by molar-refractivity contribution is 0.318. The molecule has 0 aliphatic carbocycles. The van der Waals surface area contributed by atoms with Gasteiger partial charge in [-0.15, -0.1) is 0 Å². The molecule has 0 fully saturated rings. The predicted octanol–water partition coefficient (Wildman–Crippen LogP) is 2.69. The van der Waals surface area contributed by atoms with Crippen molar-refractivity contribution in [3.05, 3.63) is 0 Å². The van der Waals surface area contributed by atoms with Crippen molar-refractivity contribution in [1.29, 1.82) is 0 Å². The Morgan fingerprint density at radius 1 is 1.00 bits per heavy atom. The molecule has 0 rings (SSSR count). The zero-order chi connectivity index (χ0) is 8.31. The van der Waals surface area contributed by atoms with E-state index < -0.39 is 3.95 Å². The molecule has 0 spiro atoms. The van der Waals surface area contributed by atoms with Gasteiger partial charge in [0.2, 0.25) is 3.95 Å². The number of rotatable bonds is 3. The third kappa shape index (κ3) is 3.87. The third-order valence-corrected chi connectivity index (χ3v) is 6.92. The molecule has 0 aliphatic rings. The second-order valence-corrected chi connectivity index (χ2v) is 18.3. The van der Waals surface area contributed by atoms with Crippen molar-refractivity contribution in [2.45, 2.75) is 39.8 Å². The smallest absolute Gasteiger partial charge is 0.248 e. The molecule has 0 aromatic heterocycles. The second-order valence-electron chi connectivity index (χ2n) is 2.91. The molecule has 0 bridgehead atoms. The van der Waals surface area contributed by atoms with Crippen LogP contribution in [0, 0.1) is 0 Å². The summed E-state index contributed by atoms with van der Waals surface area (Å²) < 4.78 is 1.98. The molecule has 0 radical (unpaired) electrons. The van der Waals surface area contributed by atoms with Crippen LogP contribution in [0.4, 0.5) is 0 Å². The van der Waals surface area contributed by atoms with Gasteiger partial charge in [0.05, 0.1) is 0 Å². The first kappa shape index (κ1) is 11.6. The molecule has 62 valence electrons. The molecule has 0 aliphatic heterocycles. The van der Waals surface area contributed by atoms with Gasteiger partial charge in [0.15, 0.2) is 0 Å². The topological polar surface area (TPSA) is 3.24 Å². The Bertz CT molecular complexity index is 76.7. The first-order valence-corrected chi connectivity index (χ1v) is 12.4. The lowest BCUT2D eigenvalue weighted by Crippen LogP contribution is -2.42. The molecule has 10 heavy (non-hydrogen) atoms. The van der Waals surface area contributed by atoms with Crippen molar-refractivity contribution in [3.63, 3.8) is 0 Å². The maximum Gasteiger partial charge on any atom is 0.248 e. The number of nitrogens with zero attached hydrogens (tertiary/aromatic N) is 1. The van der Waals surface area contributed by atoms with Crippen molar-refractivity contribution in [2.75, 3.05) is 0 Å². The van der Waals surface area contributed by atoms with E-state index in [0.29, 0.717) is 12.1 Å². The van der Waals surface area contributed by atoms with Crippen molar-refractivity contribution in [3.8, 4) is 0 Å². The highest BCUT2D eigenvalue weighted by atomic mass is 127. The van der Waals surface area contributed by atoms with Crippen LogP contribution in [0.25, 0.3) is 0 Å². The van der Waals surface area contributed by atoms with Crippen LogP contribution >= 0.6 is 43.6 Å². The Morgan fingerprint density at radius 2 is 1.30 bits per heavy atom. The van der Waals surface area contributed by atoms with Gasteiger partial charge in [0, 0.05) is 0 Å². The Balaban J connectivity index is 3.98. The summed E-state index contributed by atoms with van der Waals surface area (Å²) in [4.78, 5) is 0. The van der Waals surface area contributed by atoms with E-state index in [1.807, 2.05) is 0 Å². The zero-order valence-electron chi connectivity index (χ0n) is 6.94. The molecule has 0 unspecified atom stereocenters. The predicted molar refractivity (Wildman–Crippen MR) is 67.3 cm³/mol. The van der Waals surface area contributed by atoms with Crippen LogP contribution < -0.4 is 0 Å². The Hall–Kier alpha value is 1.64. The van der Waals surface area contributed by atoms with Crippen LogP contribution in [0.2, 0.25) is 0 Å². The maximum absolute atomic E-state index is 2.61. The third-order valence-electron chi connectivity index (χ3n) is 1.42. The minimum absolute atomic E-state index is 0.628. The summed E-state index contributed by atoms with van der Waals surface area (Å²) in [5.74, 6) is 0. The van der Waals surface area contributed by atoms with Crippen LogP contribution in [-0.2, 0) is 0 Å². The highest BCUT2D eigenvalue weighted by molar-refractivity contribution is 14.3. The monoisotopic (exact) mass is 383 g/mol. The van der Waals surface area contributed by atoms with Crippen LogP contribution in [0.3, 0.4) is 0 Å². The van der Waals surface area contributed by atoms with Gasteiger partial charge in [-0.2, -0.15) is 0 Å². The largest absolute Gasteiger partial charge is 0.306 e. The van der Waals surface area contributed by atoms with Gasteiger partial charge >= 0.3 is 0 Å². The lowest BCUT2D eigenvalue weighted by atomic mass is 10.3. The molecule has 0 amide bonds. The van der Waals surface area contributed by atoms with Gasteiger partial charge in [0.25, 0.3) is 0 Å². The summed E-state index contributed by atoms with van der Waals surface area (Å²) in [6, 6.07) is 1.43. The van der Waals surface area contributed by atoms with Crippen molar-refractivity contribution < 1.29 is 0 Å². The highest BCUT2D eigenvalue weighted by Crippen LogP contribution is 2.17. The van der Waals surface area contributed by atoms with Crippen LogP contribution in [0.1, 0.15) is 27.7 Å². The summed E-state index contributed by atoms with van der Waals surface area (Å²) in [7, 11) is 0. The molecule has 0 N–H and O–H groups in total. The standard InChI is InChI=1S/C6H15I2NSi/c1-5(2)9(6(3)4)10(7)8/h5-6,10H,1-4H3. The van der Waals surface area contributed by atoms with Gasteiger partial charge in [-0.05, 0) is 12.1 Å². The average Bonchev–Trinajstić information content (AvgIpc) is 1.59. The molecule has 4 heteroatoms. The van der Waals surface area contributed by atoms with E-state index in [9.17, 15) is 0 Å². The number of hydrogen-bond donors (Lipinski definition) is 0. The fraction of sp³-hybridized carbons (Fsp3) is 1.00. The molecular formula is C6H15I2NSi. The first-order chi connectivity index (χ1) is 4.46. The van der Waals surface area contributed by atoms with E-state index in [1.54, 1.807) is 0 Å². The van der Waals surface area contributed by atoms with Gasteiger partial charge < -0.3 is 4.57 Å². The number of hydrogen-bond acceptors (Lipinski definition) is 1. The van der Waals surface area contributed by atoms with Crippen LogP contribution in [-0.4, -0.2) is 20.6 Å². The average molecular weight is 383 g/mol. The highest BCUT2D eigenvalue weighted by Gasteiger charge is 2.19. The molecule has 0 saturated heterocycles. The fourth-order valence-corrected chi connectivity index (χ4v) is 9.67. The van der Waals surface area contributed by atoms with E-state index in [0.717, 1.165) is 0 Å². The van der Waals surface area contributed by atoms with E-state index in [1.165, 1.54) is 0 Å². The van der Waals surface area contributed by atoms with Gasteiger partial charge in [-0.3, -0.25) is 0 Å². The second kappa shape index (κ2) is 5.31. The lowest BCUT2D eigenvalue weighted by Gasteiger charge is -2.31. The summed E-state index contributed by atoms with van der Waals surface area (Å²) in [5.41, 5.74) is 0. The normalized spacial score (nSPS) is 12.6. The Labute approximate surface area is 91.1 Å². The molecule has 0 aromatic carbocycles. The molecular weight excluding hydrogens is 368 g/mol. The Kier molecular flexibility index (Phi) is 6.18. The van der Waals surface area contributed by atoms with Crippen molar-refractivity contribution in [2.24, 2.45) is 0 Å². The fourth-order valence-electron chi connectivity index (χ4n) is 1.05. The van der Waals surface area contributed by atoms with Gasteiger partial charge in [-0.25, -0.2) is 0 Å². The van der Waals surface area contributed by atoms with E-state index in [4.69, 9.17) is 0 Å². The van der Waals surface area contributed by atoms with Gasteiger partial charge in [0.1, 0.15) is 0 Å². The van der Waals surface area contributed by atoms with Crippen LogP contribution in [0.5, 0.6) is 0 Å². The maximum atomic E-state index is 2.61. The SMILES string of the molecule is CC(C)N(C(C)C)[SiH](I)I. The minimum Gasteiger partial charge on any atom is -0.306 e. The molecule has 0 atom stereocenters. The number of halogens is 2. The summed E-state index contributed by atoms with van der Waals surface area (Å²) in [6.07, 6.45) is 0. The van der Waals surface area contributed by atoms with Crippen LogP contribution in [0.15, 0.2) is 0 Å².